The van der Waals surface area contributed by atoms with Gasteiger partial charge < -0.3 is 9.72 Å². The molecule has 1 N–H and O–H groups in total. The largest absolute Gasteiger partial charge is 0.472 e. The van der Waals surface area contributed by atoms with Crippen molar-refractivity contribution in [1.82, 2.24) is 15.0 Å². The fourth-order valence-corrected chi connectivity index (χ4v) is 2.07. The number of benzene rings is 1. The summed E-state index contributed by atoms with van der Waals surface area (Å²) < 4.78 is 42.8. The lowest BCUT2D eigenvalue weighted by molar-refractivity contribution is 0.0796. The van der Waals surface area contributed by atoms with E-state index in [2.05, 4.69) is 15.0 Å². The zero-order valence-corrected chi connectivity index (χ0v) is 11.6. The Morgan fingerprint density at radius 3 is 2.87 bits per heavy atom. The van der Waals surface area contributed by atoms with E-state index in [0.29, 0.717) is 5.56 Å². The molecule has 0 bridgehead atoms. The van der Waals surface area contributed by atoms with Crippen LogP contribution in [0, 0.1) is 5.82 Å². The van der Waals surface area contributed by atoms with Gasteiger partial charge in [0, 0.05) is 17.8 Å². The highest BCUT2D eigenvalue weighted by atomic mass is 19.3. The number of H-pyrrole nitrogens is 1. The molecular formula is C15H10F3N3O2. The minimum absolute atomic E-state index is 0.0233. The summed E-state index contributed by atoms with van der Waals surface area (Å²) in [5.74, 6) is -0.527. The van der Waals surface area contributed by atoms with Crippen LogP contribution in [0.1, 0.15) is 0 Å². The van der Waals surface area contributed by atoms with Gasteiger partial charge in [0.15, 0.2) is 6.61 Å². The lowest BCUT2D eigenvalue weighted by Gasteiger charge is -2.07. The van der Waals surface area contributed by atoms with Crippen LogP contribution < -0.4 is 10.3 Å². The van der Waals surface area contributed by atoms with Gasteiger partial charge in [-0.25, -0.2) is 23.1 Å². The molecule has 0 saturated carbocycles. The third-order valence-corrected chi connectivity index (χ3v) is 3.05. The number of fused-ring (bicyclic) bond motifs is 1. The van der Waals surface area contributed by atoms with E-state index in [1.54, 1.807) is 0 Å². The number of pyridine rings is 1. The van der Waals surface area contributed by atoms with Gasteiger partial charge in [0.05, 0.1) is 5.52 Å². The predicted octanol–water partition coefficient (Wildman–Crippen LogP) is 2.77. The number of nitrogens with zero attached hydrogens (tertiary/aromatic N) is 2. The summed E-state index contributed by atoms with van der Waals surface area (Å²) in [6.45, 7) is -0.788. The summed E-state index contributed by atoms with van der Waals surface area (Å²) in [5, 5.41) is -0.139. The summed E-state index contributed by atoms with van der Waals surface area (Å²) in [6.07, 6.45) is -1.28. The molecule has 23 heavy (non-hydrogen) atoms. The minimum Gasteiger partial charge on any atom is -0.472 e. The molecule has 1 aromatic carbocycles. The van der Waals surface area contributed by atoms with E-state index in [1.165, 1.54) is 36.5 Å². The second-order valence-electron chi connectivity index (χ2n) is 4.63. The van der Waals surface area contributed by atoms with Crippen molar-refractivity contribution in [3.8, 4) is 17.3 Å². The molecule has 0 fully saturated rings. The van der Waals surface area contributed by atoms with Crippen LogP contribution in [0.4, 0.5) is 13.2 Å². The van der Waals surface area contributed by atoms with Gasteiger partial charge in [0.1, 0.15) is 17.0 Å². The third kappa shape index (κ3) is 3.15. The fraction of sp³-hybridized carbons (Fsp3) is 0.133. The van der Waals surface area contributed by atoms with E-state index in [4.69, 9.17) is 4.74 Å². The zero-order valence-electron chi connectivity index (χ0n) is 11.6. The van der Waals surface area contributed by atoms with E-state index < -0.39 is 24.4 Å². The average Bonchev–Trinajstić information content (AvgIpc) is 2.53. The average molecular weight is 321 g/mol. The Morgan fingerprint density at radius 1 is 1.26 bits per heavy atom. The first-order chi connectivity index (χ1) is 11.0. The molecule has 8 heteroatoms. The molecule has 0 atom stereocenters. The summed E-state index contributed by atoms with van der Waals surface area (Å²) in [6, 6.07) is 7.01. The molecule has 2 aromatic heterocycles. The summed E-state index contributed by atoms with van der Waals surface area (Å²) in [4.78, 5) is 22.5. The quantitative estimate of drug-likeness (QED) is 0.802. The van der Waals surface area contributed by atoms with Crippen LogP contribution >= 0.6 is 0 Å². The molecule has 0 unspecified atom stereocenters. The molecule has 0 aliphatic heterocycles. The van der Waals surface area contributed by atoms with Crippen LogP contribution in [0.2, 0.25) is 0 Å². The van der Waals surface area contributed by atoms with Crippen LogP contribution in [0.5, 0.6) is 5.88 Å². The number of hydrogen-bond donors (Lipinski definition) is 1. The van der Waals surface area contributed by atoms with Crippen molar-refractivity contribution in [2.24, 2.45) is 0 Å². The van der Waals surface area contributed by atoms with Gasteiger partial charge in [-0.1, -0.05) is 6.07 Å². The number of nitrogens with one attached hydrogen (secondary N) is 1. The molecule has 3 rings (SSSR count). The SMILES string of the molecule is O=c1[nH]c(-c2ccnc(OCC(F)F)c2)nc2cccc(F)c12. The van der Waals surface area contributed by atoms with E-state index in [-0.39, 0.29) is 22.6 Å². The van der Waals surface area contributed by atoms with Gasteiger partial charge >= 0.3 is 0 Å². The number of alkyl halides is 2. The first-order valence-electron chi connectivity index (χ1n) is 6.60. The maximum absolute atomic E-state index is 13.7. The van der Waals surface area contributed by atoms with Crippen LogP contribution in [0.3, 0.4) is 0 Å². The molecular weight excluding hydrogens is 311 g/mol. The number of rotatable bonds is 4. The number of aromatic amines is 1. The highest BCUT2D eigenvalue weighted by molar-refractivity contribution is 5.80. The molecule has 0 aliphatic rings. The molecule has 0 spiro atoms. The first-order valence-corrected chi connectivity index (χ1v) is 6.60. The van der Waals surface area contributed by atoms with Gasteiger partial charge in [-0.15, -0.1) is 0 Å². The number of aromatic nitrogens is 3. The van der Waals surface area contributed by atoms with Crippen LogP contribution in [-0.2, 0) is 0 Å². The molecule has 0 saturated heterocycles. The second kappa shape index (κ2) is 6.07. The van der Waals surface area contributed by atoms with E-state index in [1.807, 2.05) is 0 Å². The van der Waals surface area contributed by atoms with Gasteiger partial charge in [-0.2, -0.15) is 0 Å². The first kappa shape index (κ1) is 15.0. The summed E-state index contributed by atoms with van der Waals surface area (Å²) in [7, 11) is 0. The topological polar surface area (TPSA) is 67.9 Å². The fourth-order valence-electron chi connectivity index (χ4n) is 2.07. The number of ether oxygens (including phenoxy) is 1. The maximum Gasteiger partial charge on any atom is 0.272 e. The Hall–Kier alpha value is -2.90. The van der Waals surface area contributed by atoms with Crippen LogP contribution in [-0.4, -0.2) is 28.0 Å². The number of halogens is 3. The molecule has 3 aromatic rings. The van der Waals surface area contributed by atoms with Crippen molar-refractivity contribution in [3.05, 3.63) is 52.7 Å². The standard InChI is InChI=1S/C15H10F3N3O2/c16-9-2-1-3-10-13(9)15(22)21-14(20-10)8-4-5-19-12(6-8)23-7-11(17)18/h1-6,11H,7H2,(H,20,21,22). The van der Waals surface area contributed by atoms with Crippen molar-refractivity contribution < 1.29 is 17.9 Å². The van der Waals surface area contributed by atoms with E-state index in [9.17, 15) is 18.0 Å². The zero-order chi connectivity index (χ0) is 16.4. The number of hydrogen-bond acceptors (Lipinski definition) is 4. The van der Waals surface area contributed by atoms with Crippen molar-refractivity contribution in [1.29, 1.82) is 0 Å². The Bertz CT molecular complexity index is 912. The molecule has 2 heterocycles. The Kier molecular flexibility index (Phi) is 3.96. The molecule has 118 valence electrons. The Morgan fingerprint density at radius 2 is 2.09 bits per heavy atom. The molecule has 0 aliphatic carbocycles. The van der Waals surface area contributed by atoms with Crippen molar-refractivity contribution in [3.63, 3.8) is 0 Å². The molecule has 0 amide bonds. The third-order valence-electron chi connectivity index (χ3n) is 3.05. The normalized spacial score (nSPS) is 11.1. The van der Waals surface area contributed by atoms with Crippen molar-refractivity contribution in [2.45, 2.75) is 6.43 Å². The highest BCUT2D eigenvalue weighted by Crippen LogP contribution is 2.20. The monoisotopic (exact) mass is 321 g/mol. The van der Waals surface area contributed by atoms with E-state index in [0.717, 1.165) is 0 Å². The van der Waals surface area contributed by atoms with Gasteiger partial charge in [0.25, 0.3) is 12.0 Å². The lowest BCUT2D eigenvalue weighted by atomic mass is 10.2. The molecule has 5 nitrogen and oxygen atoms in total. The van der Waals surface area contributed by atoms with Crippen LogP contribution in [0.15, 0.2) is 41.3 Å². The predicted molar refractivity (Wildman–Crippen MR) is 77.1 cm³/mol. The Balaban J connectivity index is 2.04. The van der Waals surface area contributed by atoms with Gasteiger partial charge in [-0.3, -0.25) is 4.79 Å². The second-order valence-corrected chi connectivity index (χ2v) is 4.63. The van der Waals surface area contributed by atoms with E-state index >= 15 is 0 Å². The van der Waals surface area contributed by atoms with Crippen LogP contribution in [0.25, 0.3) is 22.3 Å². The van der Waals surface area contributed by atoms with Crippen molar-refractivity contribution >= 4 is 10.9 Å². The summed E-state index contributed by atoms with van der Waals surface area (Å²) in [5.41, 5.74) is -0.0295. The highest BCUT2D eigenvalue weighted by Gasteiger charge is 2.11. The van der Waals surface area contributed by atoms with Gasteiger partial charge in [-0.05, 0) is 18.2 Å². The lowest BCUT2D eigenvalue weighted by Crippen LogP contribution is -2.11. The smallest absolute Gasteiger partial charge is 0.272 e. The Labute approximate surface area is 127 Å². The minimum atomic E-state index is -2.62. The summed E-state index contributed by atoms with van der Waals surface area (Å²) >= 11 is 0. The maximum atomic E-state index is 13.7. The van der Waals surface area contributed by atoms with Gasteiger partial charge in [0.2, 0.25) is 5.88 Å². The molecule has 0 radical (unpaired) electrons. The van der Waals surface area contributed by atoms with Crippen molar-refractivity contribution in [2.75, 3.05) is 6.61 Å².